The van der Waals surface area contributed by atoms with Crippen molar-refractivity contribution in [3.05, 3.63) is 56.2 Å². The number of benzene rings is 1. The molecule has 20 heavy (non-hydrogen) atoms. The van der Waals surface area contributed by atoms with Crippen molar-refractivity contribution in [1.82, 2.24) is 5.32 Å². The lowest BCUT2D eigenvalue weighted by atomic mass is 10.0. The maximum atomic E-state index is 6.31. The van der Waals surface area contributed by atoms with Gasteiger partial charge in [-0.1, -0.05) is 36.7 Å². The normalized spacial score (nSPS) is 12.6. The minimum Gasteiger partial charge on any atom is -0.309 e. The zero-order chi connectivity index (χ0) is 14.5. The summed E-state index contributed by atoms with van der Waals surface area (Å²) in [5.74, 6) is 0. The molecule has 1 unspecified atom stereocenters. The van der Waals surface area contributed by atoms with Gasteiger partial charge in [0.15, 0.2) is 0 Å². The molecular formula is C17H22ClNS. The Morgan fingerprint density at radius 1 is 1.25 bits per heavy atom. The van der Waals surface area contributed by atoms with E-state index >= 15 is 0 Å². The highest BCUT2D eigenvalue weighted by Crippen LogP contribution is 2.31. The third-order valence-corrected chi connectivity index (χ3v) is 5.05. The molecule has 0 spiro atoms. The molecule has 1 aromatic carbocycles. The fourth-order valence-corrected chi connectivity index (χ4v) is 3.79. The van der Waals surface area contributed by atoms with Crippen molar-refractivity contribution < 1.29 is 0 Å². The summed E-state index contributed by atoms with van der Waals surface area (Å²) in [6, 6.07) is 10.8. The Morgan fingerprint density at radius 2 is 2.00 bits per heavy atom. The molecule has 1 atom stereocenters. The number of hydrogen-bond acceptors (Lipinski definition) is 2. The van der Waals surface area contributed by atoms with Gasteiger partial charge in [0.1, 0.15) is 0 Å². The first-order valence-electron chi connectivity index (χ1n) is 7.15. The highest BCUT2D eigenvalue weighted by Gasteiger charge is 2.17. The van der Waals surface area contributed by atoms with E-state index in [1.807, 2.05) is 23.5 Å². The van der Waals surface area contributed by atoms with Crippen molar-refractivity contribution in [2.24, 2.45) is 0 Å². The average molecular weight is 308 g/mol. The summed E-state index contributed by atoms with van der Waals surface area (Å²) in [6.45, 7) is 7.61. The Kier molecular flexibility index (Phi) is 5.64. The molecule has 0 bridgehead atoms. The monoisotopic (exact) mass is 307 g/mol. The van der Waals surface area contributed by atoms with Crippen LogP contribution >= 0.6 is 22.9 Å². The topological polar surface area (TPSA) is 12.0 Å². The molecule has 1 heterocycles. The van der Waals surface area contributed by atoms with Crippen LogP contribution in [0.15, 0.2) is 30.3 Å². The molecule has 0 saturated carbocycles. The average Bonchev–Trinajstić information content (AvgIpc) is 2.75. The van der Waals surface area contributed by atoms with E-state index in [2.05, 4.69) is 44.3 Å². The van der Waals surface area contributed by atoms with Crippen LogP contribution in [-0.2, 0) is 6.42 Å². The van der Waals surface area contributed by atoms with E-state index in [-0.39, 0.29) is 0 Å². The van der Waals surface area contributed by atoms with E-state index < -0.39 is 0 Å². The van der Waals surface area contributed by atoms with Crippen LogP contribution < -0.4 is 5.32 Å². The molecule has 108 valence electrons. The number of halogens is 1. The van der Waals surface area contributed by atoms with E-state index in [0.29, 0.717) is 6.04 Å². The highest BCUT2D eigenvalue weighted by molar-refractivity contribution is 7.12. The van der Waals surface area contributed by atoms with Crippen molar-refractivity contribution >= 4 is 22.9 Å². The second kappa shape index (κ2) is 7.26. The third-order valence-electron chi connectivity index (χ3n) is 3.42. The molecule has 1 N–H and O–H groups in total. The first-order chi connectivity index (χ1) is 9.61. The molecule has 1 aromatic heterocycles. The lowest BCUT2D eigenvalue weighted by molar-refractivity contribution is 0.535. The standard InChI is InChI=1S/C17H22ClNS/c1-4-9-19-16(17-12(2)10-13(3)20-17)11-14-7-5-6-8-15(14)18/h5-8,10,16,19H,4,9,11H2,1-3H3. The van der Waals surface area contributed by atoms with Crippen molar-refractivity contribution in [2.75, 3.05) is 6.54 Å². The molecular weight excluding hydrogens is 286 g/mol. The minimum atomic E-state index is 0.355. The summed E-state index contributed by atoms with van der Waals surface area (Å²) in [7, 11) is 0. The molecule has 1 nitrogen and oxygen atoms in total. The first-order valence-corrected chi connectivity index (χ1v) is 8.35. The van der Waals surface area contributed by atoms with Crippen molar-refractivity contribution in [3.8, 4) is 0 Å². The van der Waals surface area contributed by atoms with Crippen LogP contribution in [0.2, 0.25) is 5.02 Å². The summed E-state index contributed by atoms with van der Waals surface area (Å²) in [5, 5.41) is 4.53. The van der Waals surface area contributed by atoms with Gasteiger partial charge in [-0.05, 0) is 56.5 Å². The van der Waals surface area contributed by atoms with Crippen LogP contribution in [0.5, 0.6) is 0 Å². The highest BCUT2D eigenvalue weighted by atomic mass is 35.5. The van der Waals surface area contributed by atoms with E-state index in [4.69, 9.17) is 11.6 Å². The van der Waals surface area contributed by atoms with E-state index in [0.717, 1.165) is 24.4 Å². The zero-order valence-electron chi connectivity index (χ0n) is 12.4. The summed E-state index contributed by atoms with van der Waals surface area (Å²) in [5.41, 5.74) is 2.60. The molecule has 0 aliphatic rings. The van der Waals surface area contributed by atoms with Gasteiger partial charge < -0.3 is 5.32 Å². The van der Waals surface area contributed by atoms with Gasteiger partial charge in [0, 0.05) is 20.8 Å². The maximum absolute atomic E-state index is 6.31. The number of hydrogen-bond donors (Lipinski definition) is 1. The summed E-state index contributed by atoms with van der Waals surface area (Å²) < 4.78 is 0. The van der Waals surface area contributed by atoms with Gasteiger partial charge in [0.05, 0.1) is 0 Å². The number of thiophene rings is 1. The Labute approximate surface area is 131 Å². The zero-order valence-corrected chi connectivity index (χ0v) is 13.9. The van der Waals surface area contributed by atoms with Crippen LogP contribution in [0.3, 0.4) is 0 Å². The first kappa shape index (κ1) is 15.6. The minimum absolute atomic E-state index is 0.355. The summed E-state index contributed by atoms with van der Waals surface area (Å²) >= 11 is 8.20. The van der Waals surface area contributed by atoms with Crippen molar-refractivity contribution in [3.63, 3.8) is 0 Å². The molecule has 3 heteroatoms. The molecule has 0 aliphatic heterocycles. The quantitative estimate of drug-likeness (QED) is 0.763. The second-order valence-corrected chi connectivity index (χ2v) is 6.90. The van der Waals surface area contributed by atoms with Crippen LogP contribution in [-0.4, -0.2) is 6.54 Å². The molecule has 0 amide bonds. The largest absolute Gasteiger partial charge is 0.309 e. The molecule has 0 saturated heterocycles. The third kappa shape index (κ3) is 3.85. The Bertz CT molecular complexity index is 562. The lowest BCUT2D eigenvalue weighted by Gasteiger charge is -2.19. The van der Waals surface area contributed by atoms with Gasteiger partial charge in [-0.2, -0.15) is 0 Å². The molecule has 0 fully saturated rings. The number of aryl methyl sites for hydroxylation is 2. The van der Waals surface area contributed by atoms with E-state index in [9.17, 15) is 0 Å². The second-order valence-electron chi connectivity index (χ2n) is 5.21. The van der Waals surface area contributed by atoms with Crippen molar-refractivity contribution in [2.45, 2.75) is 39.7 Å². The van der Waals surface area contributed by atoms with Crippen molar-refractivity contribution in [1.29, 1.82) is 0 Å². The van der Waals surface area contributed by atoms with Crippen LogP contribution in [0.1, 0.15) is 40.3 Å². The fourth-order valence-electron chi connectivity index (χ4n) is 2.47. The lowest BCUT2D eigenvalue weighted by Crippen LogP contribution is -2.24. The van der Waals surface area contributed by atoms with Gasteiger partial charge in [0.25, 0.3) is 0 Å². The van der Waals surface area contributed by atoms with Crippen LogP contribution in [0, 0.1) is 13.8 Å². The summed E-state index contributed by atoms with van der Waals surface area (Å²) in [4.78, 5) is 2.82. The predicted molar refractivity (Wildman–Crippen MR) is 90.0 cm³/mol. The van der Waals surface area contributed by atoms with Gasteiger partial charge in [-0.15, -0.1) is 11.3 Å². The molecule has 0 aliphatic carbocycles. The van der Waals surface area contributed by atoms with Gasteiger partial charge in [0.2, 0.25) is 0 Å². The van der Waals surface area contributed by atoms with Crippen LogP contribution in [0.4, 0.5) is 0 Å². The molecule has 2 rings (SSSR count). The van der Waals surface area contributed by atoms with Gasteiger partial charge in [-0.3, -0.25) is 0 Å². The number of nitrogens with one attached hydrogen (secondary N) is 1. The molecule has 0 radical (unpaired) electrons. The Morgan fingerprint density at radius 3 is 2.60 bits per heavy atom. The Balaban J connectivity index is 2.24. The SMILES string of the molecule is CCCNC(Cc1ccccc1Cl)c1sc(C)cc1C. The van der Waals surface area contributed by atoms with E-state index in [1.54, 1.807) is 0 Å². The van der Waals surface area contributed by atoms with Gasteiger partial charge in [-0.25, -0.2) is 0 Å². The van der Waals surface area contributed by atoms with Crippen LogP contribution in [0.25, 0.3) is 0 Å². The van der Waals surface area contributed by atoms with Gasteiger partial charge >= 0.3 is 0 Å². The Hall–Kier alpha value is -0.830. The fraction of sp³-hybridized carbons (Fsp3) is 0.412. The smallest absolute Gasteiger partial charge is 0.0458 e. The van der Waals surface area contributed by atoms with E-state index in [1.165, 1.54) is 20.9 Å². The molecule has 2 aromatic rings. The summed E-state index contributed by atoms with van der Waals surface area (Å²) in [6.07, 6.45) is 2.09. The maximum Gasteiger partial charge on any atom is 0.0458 e. The number of rotatable bonds is 6. The predicted octanol–water partition coefficient (Wildman–Crippen LogP) is 5.30.